The van der Waals surface area contributed by atoms with Crippen molar-refractivity contribution in [2.24, 2.45) is 16.8 Å². The fourth-order valence-electron chi connectivity index (χ4n) is 1.53. The third-order valence-corrected chi connectivity index (χ3v) is 4.94. The Balaban J connectivity index is 2.53. The third kappa shape index (κ3) is 5.27. The van der Waals surface area contributed by atoms with Crippen molar-refractivity contribution in [1.82, 2.24) is 5.32 Å². The summed E-state index contributed by atoms with van der Waals surface area (Å²) in [6.45, 7) is 4.24. The van der Waals surface area contributed by atoms with E-state index in [1.807, 2.05) is 13.8 Å². The molecule has 1 atom stereocenters. The number of nitrogens with one attached hydrogen (secondary N) is 1. The van der Waals surface area contributed by atoms with Gasteiger partial charge in [0.15, 0.2) is 0 Å². The molecule has 1 heterocycles. The van der Waals surface area contributed by atoms with E-state index in [4.69, 9.17) is 10.9 Å². The predicted molar refractivity (Wildman–Crippen MR) is 75.0 cm³/mol. The molecule has 19 heavy (non-hydrogen) atoms. The predicted octanol–water partition coefficient (Wildman–Crippen LogP) is 0.385. The van der Waals surface area contributed by atoms with Crippen molar-refractivity contribution < 1.29 is 13.2 Å². The van der Waals surface area contributed by atoms with Gasteiger partial charge in [-0.25, -0.2) is 13.6 Å². The maximum atomic E-state index is 11.7. The second-order valence-corrected chi connectivity index (χ2v) is 7.68. The van der Waals surface area contributed by atoms with Crippen LogP contribution in [0.15, 0.2) is 16.3 Å². The van der Waals surface area contributed by atoms with Crippen LogP contribution in [0.4, 0.5) is 0 Å². The number of nitrogens with two attached hydrogens (primary N) is 2. The average Bonchev–Trinajstić information content (AvgIpc) is 2.72. The fraction of sp³-hybridized carbons (Fsp3) is 0.545. The number of hydrogen-bond acceptors (Lipinski definition) is 5. The van der Waals surface area contributed by atoms with Crippen LogP contribution in [0.5, 0.6) is 0 Å². The van der Waals surface area contributed by atoms with E-state index in [1.165, 1.54) is 6.07 Å². The normalized spacial score (nSPS) is 13.5. The van der Waals surface area contributed by atoms with Gasteiger partial charge in [-0.1, -0.05) is 13.8 Å². The van der Waals surface area contributed by atoms with E-state index in [2.05, 4.69) is 5.32 Å². The molecule has 0 bridgehead atoms. The molecule has 0 saturated heterocycles. The van der Waals surface area contributed by atoms with Crippen LogP contribution in [0.1, 0.15) is 25.1 Å². The number of amides is 1. The van der Waals surface area contributed by atoms with Crippen LogP contribution in [-0.4, -0.2) is 20.4 Å². The highest BCUT2D eigenvalue weighted by Gasteiger charge is 2.16. The van der Waals surface area contributed by atoms with E-state index in [9.17, 15) is 13.2 Å². The van der Waals surface area contributed by atoms with Crippen LogP contribution in [0.3, 0.4) is 0 Å². The van der Waals surface area contributed by atoms with Crippen molar-refractivity contribution in [1.29, 1.82) is 0 Å². The van der Waals surface area contributed by atoms with E-state index in [0.717, 1.165) is 11.3 Å². The average molecular weight is 305 g/mol. The second kappa shape index (κ2) is 6.47. The lowest BCUT2D eigenvalue weighted by Crippen LogP contribution is -2.40. The molecule has 1 aromatic heterocycles. The summed E-state index contributed by atoms with van der Waals surface area (Å²) in [7, 11) is -3.67. The molecule has 1 rings (SSSR count). The Morgan fingerprint density at radius 1 is 1.42 bits per heavy atom. The minimum Gasteiger partial charge on any atom is -0.350 e. The first-order chi connectivity index (χ1) is 8.70. The van der Waals surface area contributed by atoms with Crippen LogP contribution in [0.2, 0.25) is 0 Å². The van der Waals surface area contributed by atoms with Gasteiger partial charge < -0.3 is 11.1 Å². The van der Waals surface area contributed by atoms with Crippen molar-refractivity contribution in [3.63, 3.8) is 0 Å². The maximum Gasteiger partial charge on any atom is 0.247 e. The van der Waals surface area contributed by atoms with E-state index in [0.29, 0.717) is 17.2 Å². The van der Waals surface area contributed by atoms with E-state index >= 15 is 0 Å². The molecular weight excluding hydrogens is 286 g/mol. The van der Waals surface area contributed by atoms with Gasteiger partial charge in [0.1, 0.15) is 4.21 Å². The number of carbonyl (C=O) groups excluding carboxylic acids is 1. The summed E-state index contributed by atoms with van der Waals surface area (Å²) in [4.78, 5) is 12.4. The topological polar surface area (TPSA) is 115 Å². The van der Waals surface area contributed by atoms with Gasteiger partial charge in [-0.2, -0.15) is 0 Å². The maximum absolute atomic E-state index is 11.7. The summed E-state index contributed by atoms with van der Waals surface area (Å²) in [5.74, 6) is 0.107. The lowest BCUT2D eigenvalue weighted by atomic mass is 10.0. The zero-order valence-electron chi connectivity index (χ0n) is 10.9. The van der Waals surface area contributed by atoms with Crippen molar-refractivity contribution in [3.8, 4) is 0 Å². The minimum atomic E-state index is -3.67. The Kier molecular flexibility index (Phi) is 5.48. The van der Waals surface area contributed by atoms with Gasteiger partial charge in [-0.05, 0) is 24.5 Å². The molecule has 0 aromatic carbocycles. The molecule has 8 heteroatoms. The summed E-state index contributed by atoms with van der Waals surface area (Å²) < 4.78 is 22.3. The quantitative estimate of drug-likeness (QED) is 0.705. The third-order valence-electron chi connectivity index (χ3n) is 2.42. The zero-order chi connectivity index (χ0) is 14.6. The molecule has 0 fully saturated rings. The van der Waals surface area contributed by atoms with Gasteiger partial charge in [0.25, 0.3) is 0 Å². The van der Waals surface area contributed by atoms with Crippen LogP contribution >= 0.6 is 11.3 Å². The van der Waals surface area contributed by atoms with Gasteiger partial charge in [-0.15, -0.1) is 11.3 Å². The molecule has 0 aliphatic carbocycles. The Bertz CT molecular complexity index is 537. The molecule has 0 saturated carbocycles. The first kappa shape index (κ1) is 16.1. The van der Waals surface area contributed by atoms with E-state index < -0.39 is 16.1 Å². The standard InChI is InChI=1S/C11H19N3O3S2/c1-7(2)5-9(12)11(15)14-6-8-3-4-10(18-8)19(13,16)17/h3-4,7,9H,5-6,12H2,1-2H3,(H,14,15)(H2,13,16,17)/t9-/m0/s1. The summed E-state index contributed by atoms with van der Waals surface area (Å²) >= 11 is 1.04. The Hall–Kier alpha value is -0.960. The first-order valence-corrected chi connectivity index (χ1v) is 8.21. The van der Waals surface area contributed by atoms with Crippen LogP contribution in [-0.2, 0) is 21.4 Å². The Labute approximate surface area is 117 Å². The largest absolute Gasteiger partial charge is 0.350 e. The molecule has 0 unspecified atom stereocenters. The molecule has 0 aliphatic rings. The Morgan fingerprint density at radius 2 is 2.05 bits per heavy atom. The van der Waals surface area contributed by atoms with Gasteiger partial charge in [0.05, 0.1) is 12.6 Å². The number of rotatable bonds is 6. The SMILES string of the molecule is CC(C)C[C@H](N)C(=O)NCc1ccc(S(N)(=O)=O)s1. The first-order valence-electron chi connectivity index (χ1n) is 5.85. The van der Waals surface area contributed by atoms with Crippen molar-refractivity contribution in [3.05, 3.63) is 17.0 Å². The molecule has 0 aliphatic heterocycles. The number of sulfonamides is 1. The molecular formula is C11H19N3O3S2. The molecule has 1 amide bonds. The highest BCUT2D eigenvalue weighted by atomic mass is 32.2. The highest BCUT2D eigenvalue weighted by molar-refractivity contribution is 7.91. The van der Waals surface area contributed by atoms with Gasteiger partial charge >= 0.3 is 0 Å². The van der Waals surface area contributed by atoms with Crippen LogP contribution in [0, 0.1) is 5.92 Å². The molecule has 1 aromatic rings. The lowest BCUT2D eigenvalue weighted by Gasteiger charge is -2.13. The smallest absolute Gasteiger partial charge is 0.247 e. The monoisotopic (exact) mass is 305 g/mol. The summed E-state index contributed by atoms with van der Waals surface area (Å²) in [5.41, 5.74) is 5.73. The number of hydrogen-bond donors (Lipinski definition) is 3. The van der Waals surface area contributed by atoms with Crippen LogP contribution in [0.25, 0.3) is 0 Å². The summed E-state index contributed by atoms with van der Waals surface area (Å²) in [5, 5.41) is 7.68. The van der Waals surface area contributed by atoms with Crippen molar-refractivity contribution in [2.75, 3.05) is 0 Å². The van der Waals surface area contributed by atoms with Crippen molar-refractivity contribution >= 4 is 27.3 Å². The van der Waals surface area contributed by atoms with E-state index in [1.54, 1.807) is 6.07 Å². The van der Waals surface area contributed by atoms with Gasteiger partial charge in [0.2, 0.25) is 15.9 Å². The lowest BCUT2D eigenvalue weighted by molar-refractivity contribution is -0.122. The van der Waals surface area contributed by atoms with Crippen LogP contribution < -0.4 is 16.2 Å². The number of carbonyl (C=O) groups is 1. The highest BCUT2D eigenvalue weighted by Crippen LogP contribution is 2.19. The number of thiophene rings is 1. The molecule has 0 spiro atoms. The van der Waals surface area contributed by atoms with Crippen molar-refractivity contribution in [2.45, 2.75) is 37.1 Å². The molecule has 108 valence electrons. The molecule has 5 N–H and O–H groups in total. The molecule has 6 nitrogen and oxygen atoms in total. The van der Waals surface area contributed by atoms with Gasteiger partial charge in [0, 0.05) is 4.88 Å². The van der Waals surface area contributed by atoms with Gasteiger partial charge in [-0.3, -0.25) is 4.79 Å². The minimum absolute atomic E-state index is 0.0863. The Morgan fingerprint density at radius 3 is 2.53 bits per heavy atom. The summed E-state index contributed by atoms with van der Waals surface area (Å²) in [6, 6.07) is 2.51. The van der Waals surface area contributed by atoms with E-state index in [-0.39, 0.29) is 16.7 Å². The zero-order valence-corrected chi connectivity index (χ0v) is 12.6. The summed E-state index contributed by atoms with van der Waals surface area (Å²) in [6.07, 6.45) is 0.610. The second-order valence-electron chi connectivity index (χ2n) is 4.72. The number of primary sulfonamides is 1. The fourth-order valence-corrected chi connectivity index (χ4v) is 3.24. The molecule has 0 radical (unpaired) electrons.